The number of benzene rings is 1. The number of hydrogen-bond donors (Lipinski definition) is 0. The smallest absolute Gasteiger partial charge is 0.292 e. The van der Waals surface area contributed by atoms with Gasteiger partial charge in [-0.15, -0.1) is 0 Å². The third-order valence-electron chi connectivity index (χ3n) is 3.90. The highest BCUT2D eigenvalue weighted by Crippen LogP contribution is 2.27. The van der Waals surface area contributed by atoms with E-state index in [9.17, 15) is 4.79 Å². The van der Waals surface area contributed by atoms with Crippen LogP contribution in [0.4, 0.5) is 11.4 Å². The quantitative estimate of drug-likeness (QED) is 0.654. The van der Waals surface area contributed by atoms with E-state index >= 15 is 0 Å². The second-order valence-electron chi connectivity index (χ2n) is 5.55. The van der Waals surface area contributed by atoms with Gasteiger partial charge in [0.15, 0.2) is 12.4 Å². The molecule has 1 aromatic carbocycles. The summed E-state index contributed by atoms with van der Waals surface area (Å²) in [7, 11) is 4.01. The Morgan fingerprint density at radius 3 is 2.55 bits per heavy atom. The normalized spacial score (nSPS) is 12.5. The number of hydrogen-bond acceptors (Lipinski definition) is 2. The first kappa shape index (κ1) is 16.3. The maximum absolute atomic E-state index is 12.5. The Bertz CT molecular complexity index is 655. The largest absolute Gasteiger partial charge is 1.00 e. The van der Waals surface area contributed by atoms with Gasteiger partial charge in [0, 0.05) is 44.1 Å². The van der Waals surface area contributed by atoms with Gasteiger partial charge in [0.1, 0.15) is 0 Å². The van der Waals surface area contributed by atoms with Crippen molar-refractivity contribution in [3.05, 3.63) is 54.4 Å². The van der Waals surface area contributed by atoms with Crippen molar-refractivity contribution in [2.45, 2.75) is 13.0 Å². The lowest BCUT2D eigenvalue weighted by atomic mass is 10.2. The first-order chi connectivity index (χ1) is 10.1. The Kier molecular flexibility index (Phi) is 5.03. The Balaban J connectivity index is 0.00000176. The van der Waals surface area contributed by atoms with Crippen molar-refractivity contribution in [3.8, 4) is 0 Å². The molecule has 0 saturated heterocycles. The molecule has 3 rings (SSSR count). The molecule has 0 radical (unpaired) electrons. The van der Waals surface area contributed by atoms with E-state index in [1.807, 2.05) is 71.2 Å². The van der Waals surface area contributed by atoms with Crippen LogP contribution in [0.2, 0.25) is 0 Å². The molecule has 0 aliphatic carbocycles. The summed E-state index contributed by atoms with van der Waals surface area (Å²) in [4.78, 5) is 16.4. The summed E-state index contributed by atoms with van der Waals surface area (Å²) in [5, 5.41) is 0. The fraction of sp³-hybridized carbons (Fsp3) is 0.294. The van der Waals surface area contributed by atoms with Gasteiger partial charge < -0.3 is 22.2 Å². The van der Waals surface area contributed by atoms with Gasteiger partial charge in [-0.2, -0.15) is 4.57 Å². The number of amides is 1. The number of para-hydroxylation sites is 1. The molecule has 5 heteroatoms. The third kappa shape index (κ3) is 3.22. The number of carbonyl (C=O) groups is 1. The van der Waals surface area contributed by atoms with Crippen LogP contribution in [0.3, 0.4) is 0 Å². The highest BCUT2D eigenvalue weighted by Gasteiger charge is 2.26. The van der Waals surface area contributed by atoms with E-state index in [1.54, 1.807) is 0 Å². The van der Waals surface area contributed by atoms with Crippen molar-refractivity contribution in [2.24, 2.45) is 0 Å². The summed E-state index contributed by atoms with van der Waals surface area (Å²) in [5.74, 6) is 0.141. The Morgan fingerprint density at radius 1 is 1.18 bits per heavy atom. The number of fused-ring (bicyclic) bond motifs is 1. The summed E-state index contributed by atoms with van der Waals surface area (Å²) in [6, 6.07) is 12.2. The summed E-state index contributed by atoms with van der Waals surface area (Å²) in [6.45, 7) is 1.16. The lowest BCUT2D eigenvalue weighted by Gasteiger charge is -2.15. The summed E-state index contributed by atoms with van der Waals surface area (Å²) in [5.41, 5.74) is 3.46. The molecular weight excluding hydrogens is 298 g/mol. The lowest BCUT2D eigenvalue weighted by molar-refractivity contribution is -0.684. The van der Waals surface area contributed by atoms with E-state index in [0.717, 1.165) is 24.3 Å². The molecule has 0 atom stereocenters. The van der Waals surface area contributed by atoms with Gasteiger partial charge in [0.25, 0.3) is 5.91 Å². The van der Waals surface area contributed by atoms with Gasteiger partial charge in [-0.3, -0.25) is 4.79 Å². The highest BCUT2D eigenvalue weighted by molar-refractivity contribution is 5.94. The summed E-state index contributed by atoms with van der Waals surface area (Å²) < 4.78 is 1.93. The van der Waals surface area contributed by atoms with Gasteiger partial charge in [-0.05, 0) is 18.1 Å². The average molecular weight is 318 g/mol. The van der Waals surface area contributed by atoms with Gasteiger partial charge in [-0.1, -0.05) is 18.2 Å². The first-order valence-electron chi connectivity index (χ1n) is 7.20. The van der Waals surface area contributed by atoms with E-state index in [2.05, 4.69) is 6.07 Å². The predicted octanol–water partition coefficient (Wildman–Crippen LogP) is -1.37. The van der Waals surface area contributed by atoms with E-state index in [4.69, 9.17) is 0 Å². The summed E-state index contributed by atoms with van der Waals surface area (Å²) in [6.07, 6.45) is 4.86. The molecule has 4 nitrogen and oxygen atoms in total. The lowest BCUT2D eigenvalue weighted by Crippen LogP contribution is -3.00. The number of pyridine rings is 1. The van der Waals surface area contributed by atoms with Crippen LogP contribution in [-0.2, 0) is 17.8 Å². The van der Waals surface area contributed by atoms with Gasteiger partial charge in [-0.25, -0.2) is 0 Å². The van der Waals surface area contributed by atoms with Crippen molar-refractivity contribution in [2.75, 3.05) is 30.4 Å². The molecular formula is C17H20ClN3O. The molecule has 2 aromatic rings. The SMILES string of the molecule is CN(C)c1cc[n+](CC(=O)N2CCc3ccccc32)cc1.[Cl-]. The van der Waals surface area contributed by atoms with Crippen molar-refractivity contribution in [3.63, 3.8) is 0 Å². The molecule has 0 bridgehead atoms. The standard InChI is InChI=1S/C17H20N3O.ClH/c1-18(2)15-8-10-19(11-9-15)13-17(21)20-12-7-14-5-3-4-6-16(14)20;/h3-6,8-11H,7,12-13H2,1-2H3;1H/q+1;/p-1. The van der Waals surface area contributed by atoms with E-state index < -0.39 is 0 Å². The first-order valence-corrected chi connectivity index (χ1v) is 7.20. The van der Waals surface area contributed by atoms with E-state index in [1.165, 1.54) is 5.56 Å². The van der Waals surface area contributed by atoms with Crippen molar-refractivity contribution in [1.82, 2.24) is 0 Å². The average Bonchev–Trinajstić information content (AvgIpc) is 2.92. The Hall–Kier alpha value is -2.07. The zero-order valence-corrected chi connectivity index (χ0v) is 13.6. The monoisotopic (exact) mass is 317 g/mol. The van der Waals surface area contributed by atoms with Crippen LogP contribution in [0.1, 0.15) is 5.56 Å². The molecule has 2 heterocycles. The van der Waals surface area contributed by atoms with Crippen molar-refractivity contribution >= 4 is 17.3 Å². The molecule has 0 fully saturated rings. The molecule has 116 valence electrons. The number of aromatic nitrogens is 1. The molecule has 22 heavy (non-hydrogen) atoms. The molecule has 0 unspecified atom stereocenters. The zero-order chi connectivity index (χ0) is 14.8. The number of anilines is 2. The van der Waals surface area contributed by atoms with Crippen LogP contribution >= 0.6 is 0 Å². The second kappa shape index (κ2) is 6.79. The Labute approximate surface area is 137 Å². The van der Waals surface area contributed by atoms with Crippen molar-refractivity contribution < 1.29 is 21.8 Å². The zero-order valence-electron chi connectivity index (χ0n) is 12.9. The number of nitrogens with zero attached hydrogens (tertiary/aromatic N) is 3. The fourth-order valence-electron chi connectivity index (χ4n) is 2.69. The van der Waals surface area contributed by atoms with Crippen LogP contribution in [-0.4, -0.2) is 26.5 Å². The van der Waals surface area contributed by atoms with Crippen LogP contribution in [0.25, 0.3) is 0 Å². The maximum atomic E-state index is 12.5. The van der Waals surface area contributed by atoms with Crippen LogP contribution < -0.4 is 26.8 Å². The maximum Gasteiger partial charge on any atom is 0.292 e. The molecule has 0 spiro atoms. The van der Waals surface area contributed by atoms with Crippen LogP contribution in [0.5, 0.6) is 0 Å². The fourth-order valence-corrected chi connectivity index (χ4v) is 2.69. The van der Waals surface area contributed by atoms with Gasteiger partial charge in [0.05, 0.1) is 0 Å². The predicted molar refractivity (Wildman–Crippen MR) is 83.5 cm³/mol. The van der Waals surface area contributed by atoms with E-state index in [-0.39, 0.29) is 18.3 Å². The molecule has 1 amide bonds. The highest BCUT2D eigenvalue weighted by atomic mass is 35.5. The molecule has 0 saturated carbocycles. The minimum absolute atomic E-state index is 0. The van der Waals surface area contributed by atoms with Crippen molar-refractivity contribution in [1.29, 1.82) is 0 Å². The molecule has 1 aliphatic rings. The van der Waals surface area contributed by atoms with Crippen LogP contribution in [0, 0.1) is 0 Å². The molecule has 1 aromatic heterocycles. The number of carbonyl (C=O) groups excluding carboxylic acids is 1. The minimum atomic E-state index is 0. The third-order valence-corrected chi connectivity index (χ3v) is 3.90. The minimum Gasteiger partial charge on any atom is -1.00 e. The Morgan fingerprint density at radius 2 is 1.86 bits per heavy atom. The molecule has 1 aliphatic heterocycles. The van der Waals surface area contributed by atoms with E-state index in [0.29, 0.717) is 6.54 Å². The number of halogens is 1. The molecule has 0 N–H and O–H groups in total. The second-order valence-corrected chi connectivity index (χ2v) is 5.55. The van der Waals surface area contributed by atoms with Crippen LogP contribution in [0.15, 0.2) is 48.8 Å². The topological polar surface area (TPSA) is 27.4 Å². The number of rotatable bonds is 3. The van der Waals surface area contributed by atoms with Gasteiger partial charge in [0.2, 0.25) is 6.54 Å². The van der Waals surface area contributed by atoms with Gasteiger partial charge >= 0.3 is 0 Å². The summed E-state index contributed by atoms with van der Waals surface area (Å²) >= 11 is 0.